The molecule has 0 heterocycles. The summed E-state index contributed by atoms with van der Waals surface area (Å²) in [5.74, 6) is -0.0118. The van der Waals surface area contributed by atoms with Crippen LogP contribution < -0.4 is 5.32 Å². The number of carbonyl (C=O) groups excluding carboxylic acids is 1. The summed E-state index contributed by atoms with van der Waals surface area (Å²) in [5.41, 5.74) is 1.09. The van der Waals surface area contributed by atoms with Crippen molar-refractivity contribution >= 4 is 21.8 Å². The Balaban J connectivity index is 2.42. The zero-order valence-corrected chi connectivity index (χ0v) is 11.9. The molecule has 4 nitrogen and oxygen atoms in total. The van der Waals surface area contributed by atoms with Crippen LogP contribution in [0.15, 0.2) is 28.7 Å². The first-order valence-corrected chi connectivity index (χ1v) is 6.63. The predicted octanol–water partition coefficient (Wildman–Crippen LogP) is 1.41. The zero-order chi connectivity index (χ0) is 13.5. The summed E-state index contributed by atoms with van der Waals surface area (Å²) >= 11 is 3.36. The van der Waals surface area contributed by atoms with Crippen molar-refractivity contribution < 1.29 is 15.0 Å². The number of aliphatic hydroxyl groups is 2. The van der Waals surface area contributed by atoms with Crippen molar-refractivity contribution in [2.75, 3.05) is 13.2 Å². The first kappa shape index (κ1) is 15.1. The second-order valence-corrected chi connectivity index (χ2v) is 5.21. The Labute approximate surface area is 115 Å². The summed E-state index contributed by atoms with van der Waals surface area (Å²) in [7, 11) is 0. The fourth-order valence-corrected chi connectivity index (χ4v) is 1.82. The predicted molar refractivity (Wildman–Crippen MR) is 73.3 cm³/mol. The lowest BCUT2D eigenvalue weighted by atomic mass is 9.97. The summed E-state index contributed by atoms with van der Waals surface area (Å²) in [6, 6.07) is 7.84. The van der Waals surface area contributed by atoms with Gasteiger partial charge in [0.15, 0.2) is 0 Å². The van der Waals surface area contributed by atoms with Gasteiger partial charge in [0.2, 0.25) is 5.91 Å². The molecule has 100 valence electrons. The quantitative estimate of drug-likeness (QED) is 0.743. The molecule has 1 amide bonds. The highest BCUT2D eigenvalue weighted by Gasteiger charge is 2.12. The number of carbonyl (C=O) groups is 1. The molecule has 1 aromatic rings. The normalized spacial score (nSPS) is 14.0. The van der Waals surface area contributed by atoms with Gasteiger partial charge in [-0.2, -0.15) is 0 Å². The second-order valence-electron chi connectivity index (χ2n) is 4.30. The molecule has 2 atom stereocenters. The highest BCUT2D eigenvalue weighted by Crippen LogP contribution is 2.21. The first-order valence-electron chi connectivity index (χ1n) is 5.84. The molecule has 0 saturated heterocycles. The molecule has 0 fully saturated rings. The summed E-state index contributed by atoms with van der Waals surface area (Å²) < 4.78 is 1.01. The molecule has 0 bridgehead atoms. The number of halogens is 1. The minimum Gasteiger partial charge on any atom is -0.394 e. The van der Waals surface area contributed by atoms with Crippen molar-refractivity contribution in [2.45, 2.75) is 25.4 Å². The third-order valence-corrected chi connectivity index (χ3v) is 3.20. The lowest BCUT2D eigenvalue weighted by molar-refractivity contribution is -0.122. The number of amides is 1. The average molecular weight is 316 g/mol. The maximum Gasteiger partial charge on any atom is 0.220 e. The van der Waals surface area contributed by atoms with E-state index >= 15 is 0 Å². The standard InChI is InChI=1S/C13H18BrNO3/c1-9(10-2-4-11(14)5-3-10)6-13(18)15-7-12(17)8-16/h2-5,9,12,16-17H,6-8H2,1H3,(H,15,18). The smallest absolute Gasteiger partial charge is 0.220 e. The Morgan fingerprint density at radius 3 is 2.56 bits per heavy atom. The highest BCUT2D eigenvalue weighted by molar-refractivity contribution is 9.10. The number of benzene rings is 1. The highest BCUT2D eigenvalue weighted by atomic mass is 79.9. The van der Waals surface area contributed by atoms with Crippen molar-refractivity contribution in [1.82, 2.24) is 5.32 Å². The maximum atomic E-state index is 11.6. The molecule has 1 aromatic carbocycles. The third kappa shape index (κ3) is 5.16. The van der Waals surface area contributed by atoms with Gasteiger partial charge >= 0.3 is 0 Å². The Bertz CT molecular complexity index is 380. The van der Waals surface area contributed by atoms with Crippen LogP contribution in [-0.2, 0) is 4.79 Å². The van der Waals surface area contributed by atoms with Gasteiger partial charge in [0.05, 0.1) is 12.7 Å². The van der Waals surface area contributed by atoms with Crippen LogP contribution in [0.2, 0.25) is 0 Å². The molecule has 1 rings (SSSR count). The SMILES string of the molecule is CC(CC(=O)NCC(O)CO)c1ccc(Br)cc1. The summed E-state index contributed by atoms with van der Waals surface area (Å²) in [6.07, 6.45) is -0.531. The number of aliphatic hydroxyl groups excluding tert-OH is 2. The lowest BCUT2D eigenvalue weighted by Crippen LogP contribution is -2.34. The van der Waals surface area contributed by atoms with E-state index in [1.54, 1.807) is 0 Å². The molecule has 0 saturated carbocycles. The molecule has 0 spiro atoms. The number of rotatable bonds is 6. The van der Waals surface area contributed by atoms with Gasteiger partial charge in [0.25, 0.3) is 0 Å². The van der Waals surface area contributed by atoms with Crippen molar-refractivity contribution in [3.63, 3.8) is 0 Å². The van der Waals surface area contributed by atoms with E-state index in [9.17, 15) is 4.79 Å². The molecule has 0 aliphatic heterocycles. The Hall–Kier alpha value is -0.910. The Morgan fingerprint density at radius 2 is 2.00 bits per heavy atom. The van der Waals surface area contributed by atoms with Crippen LogP contribution in [0.1, 0.15) is 24.8 Å². The lowest BCUT2D eigenvalue weighted by Gasteiger charge is -2.13. The third-order valence-electron chi connectivity index (χ3n) is 2.68. The second kappa shape index (κ2) is 7.51. The Morgan fingerprint density at radius 1 is 1.39 bits per heavy atom. The molecule has 0 aliphatic rings. The van der Waals surface area contributed by atoms with E-state index in [0.29, 0.717) is 6.42 Å². The average Bonchev–Trinajstić information content (AvgIpc) is 2.36. The minimum atomic E-state index is -0.892. The molecule has 2 unspecified atom stereocenters. The fraction of sp³-hybridized carbons (Fsp3) is 0.462. The molecule has 0 radical (unpaired) electrons. The first-order chi connectivity index (χ1) is 8.52. The van der Waals surface area contributed by atoms with E-state index in [4.69, 9.17) is 10.2 Å². The Kier molecular flexibility index (Phi) is 6.32. The van der Waals surface area contributed by atoms with Gasteiger partial charge < -0.3 is 15.5 Å². The molecule has 0 aliphatic carbocycles. The molecular formula is C13H18BrNO3. The van der Waals surface area contributed by atoms with E-state index in [1.165, 1.54) is 0 Å². The van der Waals surface area contributed by atoms with Crippen molar-refractivity contribution in [3.05, 3.63) is 34.3 Å². The fourth-order valence-electron chi connectivity index (χ4n) is 1.56. The maximum absolute atomic E-state index is 11.6. The van der Waals surface area contributed by atoms with E-state index in [2.05, 4.69) is 21.2 Å². The van der Waals surface area contributed by atoms with Gasteiger partial charge in [-0.05, 0) is 23.6 Å². The number of hydrogen-bond donors (Lipinski definition) is 3. The van der Waals surface area contributed by atoms with Crippen LogP contribution in [0.25, 0.3) is 0 Å². The van der Waals surface area contributed by atoms with E-state index < -0.39 is 6.10 Å². The van der Waals surface area contributed by atoms with Gasteiger partial charge in [0, 0.05) is 17.4 Å². The largest absolute Gasteiger partial charge is 0.394 e. The summed E-state index contributed by atoms with van der Waals surface area (Å²) in [4.78, 5) is 11.6. The van der Waals surface area contributed by atoms with E-state index in [-0.39, 0.29) is 25.0 Å². The van der Waals surface area contributed by atoms with E-state index in [0.717, 1.165) is 10.0 Å². The van der Waals surface area contributed by atoms with Crippen LogP contribution in [0.4, 0.5) is 0 Å². The monoisotopic (exact) mass is 315 g/mol. The zero-order valence-electron chi connectivity index (χ0n) is 10.3. The van der Waals surface area contributed by atoms with Gasteiger partial charge in [-0.1, -0.05) is 35.0 Å². The van der Waals surface area contributed by atoms with Crippen LogP contribution in [0.3, 0.4) is 0 Å². The van der Waals surface area contributed by atoms with Gasteiger partial charge in [0.1, 0.15) is 0 Å². The summed E-state index contributed by atoms with van der Waals surface area (Å²) in [5, 5.41) is 20.3. The minimum absolute atomic E-state index is 0.0857. The van der Waals surface area contributed by atoms with Gasteiger partial charge in [-0.25, -0.2) is 0 Å². The molecule has 0 aromatic heterocycles. The van der Waals surface area contributed by atoms with Gasteiger partial charge in [-0.3, -0.25) is 4.79 Å². The molecule has 3 N–H and O–H groups in total. The molecule has 18 heavy (non-hydrogen) atoms. The molecule has 5 heteroatoms. The van der Waals surface area contributed by atoms with E-state index in [1.807, 2.05) is 31.2 Å². The topological polar surface area (TPSA) is 69.6 Å². The number of hydrogen-bond acceptors (Lipinski definition) is 3. The molecular weight excluding hydrogens is 298 g/mol. The summed E-state index contributed by atoms with van der Waals surface area (Å²) in [6.45, 7) is 1.72. The van der Waals surface area contributed by atoms with Crippen LogP contribution in [-0.4, -0.2) is 35.4 Å². The van der Waals surface area contributed by atoms with Crippen LogP contribution >= 0.6 is 15.9 Å². The van der Waals surface area contributed by atoms with Crippen molar-refractivity contribution in [1.29, 1.82) is 0 Å². The van der Waals surface area contributed by atoms with Crippen molar-refractivity contribution in [3.8, 4) is 0 Å². The van der Waals surface area contributed by atoms with Gasteiger partial charge in [-0.15, -0.1) is 0 Å². The van der Waals surface area contributed by atoms with Crippen LogP contribution in [0.5, 0.6) is 0 Å². The van der Waals surface area contributed by atoms with Crippen molar-refractivity contribution in [2.24, 2.45) is 0 Å². The number of nitrogens with one attached hydrogen (secondary N) is 1. The van der Waals surface area contributed by atoms with Crippen LogP contribution in [0, 0.1) is 0 Å².